The number of nitrogens with zero attached hydrogens (tertiary/aromatic N) is 1. The molecular weight excluding hydrogens is 258 g/mol. The van der Waals surface area contributed by atoms with Gasteiger partial charge in [0.1, 0.15) is 0 Å². The Morgan fingerprint density at radius 1 is 1.42 bits per heavy atom. The summed E-state index contributed by atoms with van der Waals surface area (Å²) >= 11 is 1.73. The van der Waals surface area contributed by atoms with Crippen LogP contribution in [0.3, 0.4) is 0 Å². The lowest BCUT2D eigenvalue weighted by atomic mass is 10.2. The molecule has 1 atom stereocenters. The smallest absolute Gasteiger partial charge is 0.309 e. The molecule has 0 bridgehead atoms. The molecule has 0 aliphatic rings. The molecule has 4 heteroatoms. The Bertz CT molecular complexity index is 571. The summed E-state index contributed by atoms with van der Waals surface area (Å²) in [5.74, 6) is 1.41. The molecule has 1 aromatic heterocycles. The van der Waals surface area contributed by atoms with Crippen LogP contribution >= 0.6 is 11.8 Å². The molecule has 1 heterocycles. The molecule has 0 N–H and O–H groups in total. The van der Waals surface area contributed by atoms with Gasteiger partial charge >= 0.3 is 5.97 Å². The van der Waals surface area contributed by atoms with Gasteiger partial charge in [-0.1, -0.05) is 25.1 Å². The molecule has 0 amide bonds. The van der Waals surface area contributed by atoms with E-state index in [0.717, 1.165) is 22.4 Å². The largest absolute Gasteiger partial charge is 0.469 e. The van der Waals surface area contributed by atoms with Crippen molar-refractivity contribution >= 4 is 28.6 Å². The van der Waals surface area contributed by atoms with Crippen LogP contribution in [0.4, 0.5) is 0 Å². The van der Waals surface area contributed by atoms with Crippen molar-refractivity contribution in [3.8, 4) is 0 Å². The second-order valence-corrected chi connectivity index (χ2v) is 5.51. The van der Waals surface area contributed by atoms with E-state index in [1.54, 1.807) is 11.8 Å². The van der Waals surface area contributed by atoms with Crippen LogP contribution < -0.4 is 0 Å². The highest BCUT2D eigenvalue weighted by Crippen LogP contribution is 2.19. The summed E-state index contributed by atoms with van der Waals surface area (Å²) in [5.41, 5.74) is 2.19. The molecule has 2 rings (SSSR count). The number of methoxy groups -OCH3 is 1. The van der Waals surface area contributed by atoms with E-state index >= 15 is 0 Å². The zero-order valence-corrected chi connectivity index (χ0v) is 11.9. The lowest BCUT2D eigenvalue weighted by molar-refractivity contribution is -0.143. The number of esters is 1. The van der Waals surface area contributed by atoms with E-state index in [-0.39, 0.29) is 11.9 Å². The normalized spacial score (nSPS) is 12.3. The second-order valence-electron chi connectivity index (χ2n) is 4.48. The number of para-hydroxylation sites is 1. The van der Waals surface area contributed by atoms with Crippen LogP contribution in [0.25, 0.3) is 10.9 Å². The number of ether oxygens (including phenoxy) is 1. The Balaban J connectivity index is 1.93. The zero-order valence-electron chi connectivity index (χ0n) is 11.1. The summed E-state index contributed by atoms with van der Waals surface area (Å²) < 4.78 is 4.71. The molecule has 0 saturated heterocycles. The summed E-state index contributed by atoms with van der Waals surface area (Å²) in [6, 6.07) is 10.2. The van der Waals surface area contributed by atoms with Crippen molar-refractivity contribution < 1.29 is 9.53 Å². The van der Waals surface area contributed by atoms with Crippen LogP contribution in [0.2, 0.25) is 0 Å². The Kier molecular flexibility index (Phi) is 4.80. The fraction of sp³-hybridized carbons (Fsp3) is 0.333. The fourth-order valence-corrected chi connectivity index (χ4v) is 2.82. The Morgan fingerprint density at radius 2 is 2.21 bits per heavy atom. The van der Waals surface area contributed by atoms with Gasteiger partial charge in [-0.2, -0.15) is 11.8 Å². The Morgan fingerprint density at radius 3 is 3.00 bits per heavy atom. The molecule has 1 unspecified atom stereocenters. The van der Waals surface area contributed by atoms with Crippen molar-refractivity contribution in [1.82, 2.24) is 4.98 Å². The zero-order chi connectivity index (χ0) is 13.7. The molecule has 0 spiro atoms. The number of carbonyl (C=O) groups excluding carboxylic acids is 1. The van der Waals surface area contributed by atoms with Crippen LogP contribution in [-0.4, -0.2) is 23.8 Å². The second kappa shape index (κ2) is 6.57. The summed E-state index contributed by atoms with van der Waals surface area (Å²) in [6.45, 7) is 1.89. The SMILES string of the molecule is COC(=O)C(C)CSCc1cnc2ccccc2c1. The number of aromatic nitrogens is 1. The minimum absolute atomic E-state index is 0.0663. The molecule has 1 aromatic carbocycles. The molecule has 0 aliphatic carbocycles. The molecule has 0 radical (unpaired) electrons. The van der Waals surface area contributed by atoms with Gasteiger partial charge < -0.3 is 4.74 Å². The van der Waals surface area contributed by atoms with Gasteiger partial charge in [-0.05, 0) is 17.7 Å². The molecule has 3 nitrogen and oxygen atoms in total. The first-order valence-electron chi connectivity index (χ1n) is 6.20. The molecule has 0 aliphatic heterocycles. The van der Waals surface area contributed by atoms with E-state index in [4.69, 9.17) is 4.74 Å². The van der Waals surface area contributed by atoms with Crippen molar-refractivity contribution in [3.63, 3.8) is 0 Å². The number of fused-ring (bicyclic) bond motifs is 1. The van der Waals surface area contributed by atoms with Crippen molar-refractivity contribution in [2.75, 3.05) is 12.9 Å². The highest BCUT2D eigenvalue weighted by Gasteiger charge is 2.12. The topological polar surface area (TPSA) is 39.2 Å². The third kappa shape index (κ3) is 3.70. The van der Waals surface area contributed by atoms with E-state index in [9.17, 15) is 4.79 Å². The average Bonchev–Trinajstić information content (AvgIpc) is 2.46. The van der Waals surface area contributed by atoms with Crippen LogP contribution in [-0.2, 0) is 15.3 Å². The van der Waals surface area contributed by atoms with Crippen LogP contribution in [0.1, 0.15) is 12.5 Å². The van der Waals surface area contributed by atoms with E-state index < -0.39 is 0 Å². The van der Waals surface area contributed by atoms with Gasteiger partial charge in [0.05, 0.1) is 18.5 Å². The van der Waals surface area contributed by atoms with E-state index in [1.807, 2.05) is 31.3 Å². The van der Waals surface area contributed by atoms with E-state index in [1.165, 1.54) is 12.7 Å². The Hall–Kier alpha value is -1.55. The van der Waals surface area contributed by atoms with Crippen molar-refractivity contribution in [2.45, 2.75) is 12.7 Å². The lowest BCUT2D eigenvalue weighted by Gasteiger charge is -2.08. The number of thioether (sulfide) groups is 1. The predicted molar refractivity (Wildman–Crippen MR) is 79.1 cm³/mol. The van der Waals surface area contributed by atoms with Gasteiger partial charge in [-0.3, -0.25) is 9.78 Å². The minimum atomic E-state index is -0.149. The summed E-state index contributed by atoms with van der Waals surface area (Å²) in [5, 5.41) is 1.15. The van der Waals surface area contributed by atoms with Gasteiger partial charge in [0.15, 0.2) is 0 Å². The molecule has 2 aromatic rings. The number of benzene rings is 1. The summed E-state index contributed by atoms with van der Waals surface area (Å²) in [4.78, 5) is 15.7. The monoisotopic (exact) mass is 275 g/mol. The first-order valence-corrected chi connectivity index (χ1v) is 7.35. The maximum absolute atomic E-state index is 11.3. The third-order valence-electron chi connectivity index (χ3n) is 2.89. The third-order valence-corrected chi connectivity index (χ3v) is 4.16. The molecule has 19 heavy (non-hydrogen) atoms. The van der Waals surface area contributed by atoms with E-state index in [0.29, 0.717) is 0 Å². The van der Waals surface area contributed by atoms with Crippen molar-refractivity contribution in [1.29, 1.82) is 0 Å². The molecule has 100 valence electrons. The number of carbonyl (C=O) groups is 1. The number of hydrogen-bond acceptors (Lipinski definition) is 4. The molecule has 0 fully saturated rings. The summed E-state index contributed by atoms with van der Waals surface area (Å²) in [7, 11) is 1.43. The van der Waals surface area contributed by atoms with Gasteiger partial charge in [-0.15, -0.1) is 0 Å². The average molecular weight is 275 g/mol. The summed E-state index contributed by atoms with van der Waals surface area (Å²) in [6.07, 6.45) is 1.90. The number of hydrogen-bond donors (Lipinski definition) is 0. The highest BCUT2D eigenvalue weighted by molar-refractivity contribution is 7.98. The minimum Gasteiger partial charge on any atom is -0.469 e. The highest BCUT2D eigenvalue weighted by atomic mass is 32.2. The first-order chi connectivity index (χ1) is 9.20. The molecular formula is C15H17NO2S. The standard InChI is InChI=1S/C15H17NO2S/c1-11(15(17)18-2)9-19-10-12-7-13-5-3-4-6-14(13)16-8-12/h3-8,11H,9-10H2,1-2H3. The van der Waals surface area contributed by atoms with Crippen molar-refractivity contribution in [2.24, 2.45) is 5.92 Å². The van der Waals surface area contributed by atoms with Gasteiger partial charge in [0.2, 0.25) is 0 Å². The van der Waals surface area contributed by atoms with E-state index in [2.05, 4.69) is 17.1 Å². The number of pyridine rings is 1. The predicted octanol–water partition coefficient (Wildman–Crippen LogP) is 3.28. The van der Waals surface area contributed by atoms with Crippen LogP contribution in [0.15, 0.2) is 36.5 Å². The van der Waals surface area contributed by atoms with Gasteiger partial charge in [0, 0.05) is 23.1 Å². The number of rotatable bonds is 5. The maximum atomic E-state index is 11.3. The van der Waals surface area contributed by atoms with Crippen molar-refractivity contribution in [3.05, 3.63) is 42.1 Å². The molecule has 0 saturated carbocycles. The lowest BCUT2D eigenvalue weighted by Crippen LogP contribution is -2.14. The van der Waals surface area contributed by atoms with Gasteiger partial charge in [0.25, 0.3) is 0 Å². The van der Waals surface area contributed by atoms with Crippen LogP contribution in [0, 0.1) is 5.92 Å². The fourth-order valence-electron chi connectivity index (χ4n) is 1.82. The maximum Gasteiger partial charge on any atom is 0.309 e. The van der Waals surface area contributed by atoms with Gasteiger partial charge in [-0.25, -0.2) is 0 Å². The Labute approximate surface area is 117 Å². The van der Waals surface area contributed by atoms with Crippen LogP contribution in [0.5, 0.6) is 0 Å². The first kappa shape index (κ1) is 13.9. The quantitative estimate of drug-likeness (QED) is 0.785.